The number of fused-ring (bicyclic) bond motifs is 2. The third-order valence-corrected chi connectivity index (χ3v) is 6.93. The molecule has 30 heavy (non-hydrogen) atoms. The quantitative estimate of drug-likeness (QED) is 0.623. The Morgan fingerprint density at radius 3 is 2.83 bits per heavy atom. The van der Waals surface area contributed by atoms with Gasteiger partial charge in [0.05, 0.1) is 6.20 Å². The van der Waals surface area contributed by atoms with Gasteiger partial charge in [-0.15, -0.1) is 0 Å². The minimum Gasteiger partial charge on any atom is -0.338 e. The molecule has 1 atom stereocenters. The molecule has 4 amide bonds. The molecule has 1 aromatic heterocycles. The Morgan fingerprint density at radius 1 is 1.27 bits per heavy atom. The van der Waals surface area contributed by atoms with Gasteiger partial charge in [0, 0.05) is 42.3 Å². The van der Waals surface area contributed by atoms with E-state index in [1.54, 1.807) is 11.0 Å². The van der Waals surface area contributed by atoms with Gasteiger partial charge in [-0.3, -0.25) is 10.2 Å². The highest BCUT2D eigenvalue weighted by molar-refractivity contribution is 7.19. The molecule has 0 saturated carbocycles. The minimum atomic E-state index is -0.333. The van der Waals surface area contributed by atoms with Crippen molar-refractivity contribution in [3.63, 3.8) is 0 Å². The first kappa shape index (κ1) is 21.2. The highest BCUT2D eigenvalue weighted by Crippen LogP contribution is 2.47. The maximum Gasteiger partial charge on any atom is 0.328 e. The fourth-order valence-corrected chi connectivity index (χ4v) is 5.15. The number of halogens is 2. The van der Waals surface area contributed by atoms with Crippen LogP contribution in [0.5, 0.6) is 0 Å². The standard InChI is InChI=1S/C20H23Cl2N5O2S/c1-2-3-7-23-18(28)26-8-6-20(11-26)12-27(15-5-4-13(21)9-14(15)20)19(29)25-17-24-10-16(22)30-17/h4-5,9-10H,2-3,6-8,11-12H2,1H3,(H,23,28)(H,24,25,29). The van der Waals surface area contributed by atoms with Crippen LogP contribution in [0.15, 0.2) is 24.4 Å². The molecular formula is C20H23Cl2N5O2S. The van der Waals surface area contributed by atoms with Crippen LogP contribution in [-0.4, -0.2) is 48.1 Å². The van der Waals surface area contributed by atoms with Gasteiger partial charge in [-0.1, -0.05) is 47.9 Å². The molecule has 1 unspecified atom stereocenters. The Labute approximate surface area is 189 Å². The van der Waals surface area contributed by atoms with Gasteiger partial charge in [0.15, 0.2) is 5.13 Å². The van der Waals surface area contributed by atoms with Crippen LogP contribution in [0.25, 0.3) is 0 Å². The predicted octanol–water partition coefficient (Wildman–Crippen LogP) is 4.96. The van der Waals surface area contributed by atoms with Crippen LogP contribution < -0.4 is 15.5 Å². The summed E-state index contributed by atoms with van der Waals surface area (Å²) < 4.78 is 0.510. The first-order valence-corrected chi connectivity index (χ1v) is 11.5. The van der Waals surface area contributed by atoms with Crippen LogP contribution in [0.4, 0.5) is 20.4 Å². The summed E-state index contributed by atoms with van der Waals surface area (Å²) in [5, 5.41) is 6.87. The van der Waals surface area contributed by atoms with Gasteiger partial charge < -0.3 is 10.2 Å². The van der Waals surface area contributed by atoms with E-state index in [1.165, 1.54) is 17.5 Å². The van der Waals surface area contributed by atoms with E-state index in [0.29, 0.717) is 40.7 Å². The summed E-state index contributed by atoms with van der Waals surface area (Å²) in [7, 11) is 0. The molecule has 0 bridgehead atoms. The Kier molecular flexibility index (Phi) is 6.09. The smallest absolute Gasteiger partial charge is 0.328 e. The average Bonchev–Trinajstić information content (AvgIpc) is 3.41. The van der Waals surface area contributed by atoms with E-state index in [9.17, 15) is 9.59 Å². The van der Waals surface area contributed by atoms with E-state index < -0.39 is 0 Å². The number of carbonyl (C=O) groups excluding carboxylic acids is 2. The van der Waals surface area contributed by atoms with E-state index in [0.717, 1.165) is 30.5 Å². The van der Waals surface area contributed by atoms with E-state index in [-0.39, 0.29) is 17.5 Å². The van der Waals surface area contributed by atoms with Crippen LogP contribution in [0, 0.1) is 0 Å². The van der Waals surface area contributed by atoms with E-state index in [4.69, 9.17) is 23.2 Å². The molecule has 2 aromatic rings. The fourth-order valence-electron chi connectivity index (χ4n) is 4.17. The van der Waals surface area contributed by atoms with E-state index in [2.05, 4.69) is 22.5 Å². The number of aromatic nitrogens is 1. The minimum absolute atomic E-state index is 0.0516. The summed E-state index contributed by atoms with van der Waals surface area (Å²) in [4.78, 5) is 33.2. The number of carbonyl (C=O) groups is 2. The van der Waals surface area contributed by atoms with Gasteiger partial charge in [-0.25, -0.2) is 14.6 Å². The summed E-state index contributed by atoms with van der Waals surface area (Å²) in [6.07, 6.45) is 4.27. The number of nitrogens with zero attached hydrogens (tertiary/aromatic N) is 3. The zero-order chi connectivity index (χ0) is 21.3. The summed E-state index contributed by atoms with van der Waals surface area (Å²) in [6, 6.07) is 5.24. The molecule has 160 valence electrons. The van der Waals surface area contributed by atoms with Crippen molar-refractivity contribution in [1.29, 1.82) is 0 Å². The lowest BCUT2D eigenvalue weighted by Crippen LogP contribution is -2.44. The van der Waals surface area contributed by atoms with Crippen molar-refractivity contribution in [3.05, 3.63) is 39.3 Å². The second kappa shape index (κ2) is 8.61. The Balaban J connectivity index is 1.55. The second-order valence-electron chi connectivity index (χ2n) is 7.68. The van der Waals surface area contributed by atoms with Gasteiger partial charge >= 0.3 is 12.1 Å². The third-order valence-electron chi connectivity index (χ3n) is 5.67. The van der Waals surface area contributed by atoms with Gasteiger partial charge in [-0.2, -0.15) is 0 Å². The number of nitrogens with one attached hydrogen (secondary N) is 2. The maximum absolute atomic E-state index is 13.0. The van der Waals surface area contributed by atoms with Gasteiger partial charge in [0.25, 0.3) is 0 Å². The summed E-state index contributed by atoms with van der Waals surface area (Å²) in [6.45, 7) is 4.43. The molecule has 7 nitrogen and oxygen atoms in total. The molecule has 3 heterocycles. The Hall–Kier alpha value is -2.03. The number of anilines is 2. The van der Waals surface area contributed by atoms with Crippen molar-refractivity contribution in [3.8, 4) is 0 Å². The van der Waals surface area contributed by atoms with Crippen molar-refractivity contribution < 1.29 is 9.59 Å². The summed E-state index contributed by atoms with van der Waals surface area (Å²) >= 11 is 13.4. The number of hydrogen-bond donors (Lipinski definition) is 2. The number of urea groups is 2. The highest BCUT2D eigenvalue weighted by Gasteiger charge is 2.50. The third kappa shape index (κ3) is 4.08. The van der Waals surface area contributed by atoms with Crippen LogP contribution in [0.1, 0.15) is 31.7 Å². The van der Waals surface area contributed by atoms with E-state index >= 15 is 0 Å². The summed E-state index contributed by atoms with van der Waals surface area (Å²) in [5.74, 6) is 0. The number of benzene rings is 1. The first-order chi connectivity index (χ1) is 14.4. The molecule has 2 aliphatic heterocycles. The lowest BCUT2D eigenvalue weighted by molar-refractivity contribution is 0.206. The molecule has 1 aromatic carbocycles. The number of amides is 4. The van der Waals surface area contributed by atoms with Gasteiger partial charge in [0.1, 0.15) is 4.34 Å². The predicted molar refractivity (Wildman–Crippen MR) is 121 cm³/mol. The molecule has 4 rings (SSSR count). The molecule has 1 spiro atoms. The lowest BCUT2D eigenvalue weighted by Gasteiger charge is -2.26. The SMILES string of the molecule is CCCCNC(=O)N1CCC2(C1)CN(C(=O)Nc1ncc(Cl)s1)c1ccc(Cl)cc12. The monoisotopic (exact) mass is 467 g/mol. The van der Waals surface area contributed by atoms with Gasteiger partial charge in [0.2, 0.25) is 0 Å². The molecule has 0 radical (unpaired) electrons. The Bertz CT molecular complexity index is 968. The first-order valence-electron chi connectivity index (χ1n) is 9.94. The molecule has 1 saturated heterocycles. The van der Waals surface area contributed by atoms with Gasteiger partial charge in [-0.05, 0) is 36.6 Å². The lowest BCUT2D eigenvalue weighted by atomic mass is 9.81. The zero-order valence-corrected chi connectivity index (χ0v) is 18.9. The highest BCUT2D eigenvalue weighted by atomic mass is 35.5. The van der Waals surface area contributed by atoms with Crippen molar-refractivity contribution in [2.75, 3.05) is 36.4 Å². The second-order valence-corrected chi connectivity index (χ2v) is 9.78. The Morgan fingerprint density at radius 2 is 2.10 bits per heavy atom. The number of rotatable bonds is 4. The van der Waals surface area contributed by atoms with Crippen molar-refractivity contribution >= 4 is 57.4 Å². The molecule has 1 fully saturated rings. The van der Waals surface area contributed by atoms with Crippen molar-refractivity contribution in [1.82, 2.24) is 15.2 Å². The molecular weight excluding hydrogens is 445 g/mol. The molecule has 2 N–H and O–H groups in total. The summed E-state index contributed by atoms with van der Waals surface area (Å²) in [5.41, 5.74) is 1.49. The largest absolute Gasteiger partial charge is 0.338 e. The average molecular weight is 468 g/mol. The zero-order valence-electron chi connectivity index (χ0n) is 16.6. The molecule has 2 aliphatic rings. The van der Waals surface area contributed by atoms with Crippen LogP contribution in [-0.2, 0) is 5.41 Å². The molecule has 0 aliphatic carbocycles. The number of unbranched alkanes of at least 4 members (excludes halogenated alkanes) is 1. The van der Waals surface area contributed by atoms with Crippen molar-refractivity contribution in [2.24, 2.45) is 0 Å². The normalized spacial score (nSPS) is 20.0. The van der Waals surface area contributed by atoms with Crippen LogP contribution in [0.2, 0.25) is 9.36 Å². The molecule has 10 heteroatoms. The van der Waals surface area contributed by atoms with Crippen LogP contribution in [0.3, 0.4) is 0 Å². The maximum atomic E-state index is 13.0. The number of likely N-dealkylation sites (tertiary alicyclic amines) is 1. The fraction of sp³-hybridized carbons (Fsp3) is 0.450. The van der Waals surface area contributed by atoms with Crippen LogP contribution >= 0.6 is 34.5 Å². The number of hydrogen-bond acceptors (Lipinski definition) is 4. The number of thiazole rings is 1. The van der Waals surface area contributed by atoms with E-state index in [1.807, 2.05) is 17.0 Å². The van der Waals surface area contributed by atoms with Crippen molar-refractivity contribution in [2.45, 2.75) is 31.6 Å². The topological polar surface area (TPSA) is 77.6 Å².